The van der Waals surface area contributed by atoms with E-state index in [4.69, 9.17) is 14.2 Å². The molecule has 1 aromatic rings. The van der Waals surface area contributed by atoms with E-state index in [0.29, 0.717) is 25.9 Å². The van der Waals surface area contributed by atoms with Crippen LogP contribution in [0.1, 0.15) is 31.9 Å². The minimum atomic E-state index is 0.338. The summed E-state index contributed by atoms with van der Waals surface area (Å²) in [7, 11) is 1.68. The average molecular weight is 281 g/mol. The molecular weight excluding hydrogens is 254 g/mol. The number of ether oxygens (including phenoxy) is 3. The molecule has 20 heavy (non-hydrogen) atoms. The lowest BCUT2D eigenvalue weighted by Crippen LogP contribution is -2.21. The summed E-state index contributed by atoms with van der Waals surface area (Å²) in [6.45, 7) is 7.92. The molecule has 0 bridgehead atoms. The van der Waals surface area contributed by atoms with E-state index in [1.54, 1.807) is 7.11 Å². The maximum atomic E-state index is 5.44. The van der Waals surface area contributed by atoms with Gasteiger partial charge in [-0.15, -0.1) is 0 Å². The lowest BCUT2D eigenvalue weighted by molar-refractivity contribution is 0.0693. The van der Waals surface area contributed by atoms with Crippen LogP contribution in [-0.4, -0.2) is 40.1 Å². The second-order valence-electron chi connectivity index (χ2n) is 4.64. The molecule has 0 saturated carbocycles. The van der Waals surface area contributed by atoms with Gasteiger partial charge in [0.15, 0.2) is 0 Å². The van der Waals surface area contributed by atoms with Crippen LogP contribution in [-0.2, 0) is 9.47 Å². The molecule has 0 fully saturated rings. The number of nitrogens with one attached hydrogen (secondary N) is 1. The molecule has 1 unspecified atom stereocenters. The van der Waals surface area contributed by atoms with Gasteiger partial charge < -0.3 is 19.5 Å². The van der Waals surface area contributed by atoms with Gasteiger partial charge in [0.05, 0.1) is 19.8 Å². The minimum Gasteiger partial charge on any atom is -0.494 e. The molecule has 1 rings (SSSR count). The fourth-order valence-corrected chi connectivity index (χ4v) is 1.87. The maximum absolute atomic E-state index is 5.44. The van der Waals surface area contributed by atoms with Crippen LogP contribution in [0.2, 0.25) is 0 Å². The van der Waals surface area contributed by atoms with Crippen LogP contribution in [0.15, 0.2) is 24.3 Å². The van der Waals surface area contributed by atoms with E-state index in [1.807, 2.05) is 19.1 Å². The summed E-state index contributed by atoms with van der Waals surface area (Å²) in [5.41, 5.74) is 1.27. The van der Waals surface area contributed by atoms with Crippen molar-refractivity contribution in [1.82, 2.24) is 5.32 Å². The van der Waals surface area contributed by atoms with Crippen LogP contribution in [0.4, 0.5) is 0 Å². The summed E-state index contributed by atoms with van der Waals surface area (Å²) in [5.74, 6) is 0.926. The molecule has 0 aliphatic carbocycles. The predicted octanol–water partition coefficient (Wildman–Crippen LogP) is 2.79. The van der Waals surface area contributed by atoms with Crippen LogP contribution in [0.3, 0.4) is 0 Å². The zero-order valence-corrected chi connectivity index (χ0v) is 12.9. The molecule has 0 aliphatic rings. The van der Waals surface area contributed by atoms with E-state index >= 15 is 0 Å². The molecule has 1 aromatic carbocycles. The highest BCUT2D eigenvalue weighted by molar-refractivity contribution is 5.28. The van der Waals surface area contributed by atoms with Gasteiger partial charge in [-0.2, -0.15) is 0 Å². The SMILES string of the molecule is CCOc1ccc(C(C)NCCCOCCOC)cc1. The first-order valence-corrected chi connectivity index (χ1v) is 7.30. The standard InChI is InChI=1S/C16H27NO3/c1-4-20-16-8-6-15(7-9-16)14(2)17-10-5-11-19-13-12-18-3/h6-9,14,17H,4-5,10-13H2,1-3H3. The van der Waals surface area contributed by atoms with Gasteiger partial charge in [0.1, 0.15) is 5.75 Å². The number of methoxy groups -OCH3 is 1. The van der Waals surface area contributed by atoms with Crippen molar-refractivity contribution in [3.8, 4) is 5.75 Å². The van der Waals surface area contributed by atoms with Gasteiger partial charge in [-0.25, -0.2) is 0 Å². The smallest absolute Gasteiger partial charge is 0.119 e. The maximum Gasteiger partial charge on any atom is 0.119 e. The van der Waals surface area contributed by atoms with Crippen molar-refractivity contribution in [3.63, 3.8) is 0 Å². The number of rotatable bonds is 11. The van der Waals surface area contributed by atoms with Crippen LogP contribution in [0, 0.1) is 0 Å². The van der Waals surface area contributed by atoms with Crippen LogP contribution >= 0.6 is 0 Å². The van der Waals surface area contributed by atoms with Gasteiger partial charge in [0.2, 0.25) is 0 Å². The van der Waals surface area contributed by atoms with Crippen molar-refractivity contribution in [2.24, 2.45) is 0 Å². The Kier molecular flexibility index (Phi) is 9.04. The summed E-state index contributed by atoms with van der Waals surface area (Å²) < 4.78 is 15.8. The number of benzene rings is 1. The highest BCUT2D eigenvalue weighted by Gasteiger charge is 2.04. The quantitative estimate of drug-likeness (QED) is 0.633. The molecule has 0 aliphatic heterocycles. The van der Waals surface area contributed by atoms with Gasteiger partial charge in [0, 0.05) is 19.8 Å². The third-order valence-corrected chi connectivity index (χ3v) is 3.04. The summed E-state index contributed by atoms with van der Waals surface area (Å²) in [5, 5.41) is 3.49. The van der Waals surface area contributed by atoms with E-state index in [2.05, 4.69) is 24.4 Å². The van der Waals surface area contributed by atoms with Gasteiger partial charge in [-0.1, -0.05) is 12.1 Å². The van der Waals surface area contributed by atoms with Crippen molar-refractivity contribution in [2.75, 3.05) is 40.1 Å². The largest absolute Gasteiger partial charge is 0.494 e. The predicted molar refractivity (Wildman–Crippen MR) is 81.3 cm³/mol. The minimum absolute atomic E-state index is 0.338. The van der Waals surface area contributed by atoms with Gasteiger partial charge in [-0.05, 0) is 44.5 Å². The first kappa shape index (κ1) is 17.0. The second-order valence-corrected chi connectivity index (χ2v) is 4.64. The third kappa shape index (κ3) is 6.89. The molecule has 0 heterocycles. The van der Waals surface area contributed by atoms with E-state index in [0.717, 1.165) is 25.3 Å². The number of hydrogen-bond donors (Lipinski definition) is 1. The fraction of sp³-hybridized carbons (Fsp3) is 0.625. The number of hydrogen-bond acceptors (Lipinski definition) is 4. The Hall–Kier alpha value is -1.10. The Labute approximate surface area is 122 Å². The zero-order valence-electron chi connectivity index (χ0n) is 12.9. The fourth-order valence-electron chi connectivity index (χ4n) is 1.87. The molecule has 0 aromatic heterocycles. The Morgan fingerprint density at radius 3 is 2.50 bits per heavy atom. The van der Waals surface area contributed by atoms with E-state index in [-0.39, 0.29) is 0 Å². The van der Waals surface area contributed by atoms with Gasteiger partial charge >= 0.3 is 0 Å². The van der Waals surface area contributed by atoms with Crippen molar-refractivity contribution < 1.29 is 14.2 Å². The first-order valence-electron chi connectivity index (χ1n) is 7.30. The lowest BCUT2D eigenvalue weighted by atomic mass is 10.1. The van der Waals surface area contributed by atoms with E-state index < -0.39 is 0 Å². The first-order chi connectivity index (χ1) is 9.77. The van der Waals surface area contributed by atoms with Crippen LogP contribution in [0.25, 0.3) is 0 Å². The molecular formula is C16H27NO3. The monoisotopic (exact) mass is 281 g/mol. The molecule has 4 nitrogen and oxygen atoms in total. The normalized spacial score (nSPS) is 12.3. The highest BCUT2D eigenvalue weighted by atomic mass is 16.5. The van der Waals surface area contributed by atoms with E-state index in [1.165, 1.54) is 5.56 Å². The summed E-state index contributed by atoms with van der Waals surface area (Å²) >= 11 is 0. The molecule has 1 N–H and O–H groups in total. The van der Waals surface area contributed by atoms with Gasteiger partial charge in [-0.3, -0.25) is 0 Å². The summed E-state index contributed by atoms with van der Waals surface area (Å²) in [6, 6.07) is 8.59. The third-order valence-electron chi connectivity index (χ3n) is 3.04. The summed E-state index contributed by atoms with van der Waals surface area (Å²) in [6.07, 6.45) is 1.01. The van der Waals surface area contributed by atoms with Crippen LogP contribution < -0.4 is 10.1 Å². The molecule has 4 heteroatoms. The average Bonchev–Trinajstić information content (AvgIpc) is 2.47. The summed E-state index contributed by atoms with van der Waals surface area (Å²) in [4.78, 5) is 0. The van der Waals surface area contributed by atoms with Crippen molar-refractivity contribution in [3.05, 3.63) is 29.8 Å². The van der Waals surface area contributed by atoms with Crippen molar-refractivity contribution in [2.45, 2.75) is 26.3 Å². The molecule has 0 spiro atoms. The Morgan fingerprint density at radius 2 is 1.85 bits per heavy atom. The molecule has 0 saturated heterocycles. The zero-order chi connectivity index (χ0) is 14.6. The second kappa shape index (κ2) is 10.7. The molecule has 114 valence electrons. The van der Waals surface area contributed by atoms with Crippen LogP contribution in [0.5, 0.6) is 5.75 Å². The van der Waals surface area contributed by atoms with Crippen molar-refractivity contribution >= 4 is 0 Å². The topological polar surface area (TPSA) is 39.7 Å². The highest BCUT2D eigenvalue weighted by Crippen LogP contribution is 2.17. The molecule has 0 amide bonds. The van der Waals surface area contributed by atoms with Crippen molar-refractivity contribution in [1.29, 1.82) is 0 Å². The molecule has 0 radical (unpaired) electrons. The molecule has 1 atom stereocenters. The Morgan fingerprint density at radius 1 is 1.10 bits per heavy atom. The van der Waals surface area contributed by atoms with E-state index in [9.17, 15) is 0 Å². The lowest BCUT2D eigenvalue weighted by Gasteiger charge is -2.15. The Balaban J connectivity index is 2.17. The van der Waals surface area contributed by atoms with Gasteiger partial charge in [0.25, 0.3) is 0 Å². The Bertz CT molecular complexity index is 340.